The van der Waals surface area contributed by atoms with E-state index in [1.54, 1.807) is 31.2 Å². The predicted molar refractivity (Wildman–Crippen MR) is 116 cm³/mol. The van der Waals surface area contributed by atoms with Crippen molar-refractivity contribution in [2.45, 2.75) is 19.4 Å². The van der Waals surface area contributed by atoms with Crippen molar-refractivity contribution in [2.24, 2.45) is 0 Å². The van der Waals surface area contributed by atoms with Crippen molar-refractivity contribution in [2.75, 3.05) is 37.6 Å². The van der Waals surface area contributed by atoms with Gasteiger partial charge in [-0.2, -0.15) is 5.01 Å². The number of anilines is 1. The highest BCUT2D eigenvalue weighted by Gasteiger charge is 2.50. The van der Waals surface area contributed by atoms with E-state index < -0.39 is 17.5 Å². The number of nitrogens with zero attached hydrogens (tertiary/aromatic N) is 2. The first-order chi connectivity index (χ1) is 14.9. The van der Waals surface area contributed by atoms with E-state index in [1.165, 1.54) is 11.3 Å². The van der Waals surface area contributed by atoms with Crippen molar-refractivity contribution in [1.29, 1.82) is 0 Å². The molecule has 0 saturated carbocycles. The van der Waals surface area contributed by atoms with Crippen LogP contribution in [0.15, 0.2) is 54.6 Å². The quantitative estimate of drug-likeness (QED) is 0.601. The molecule has 2 aliphatic heterocycles. The van der Waals surface area contributed by atoms with E-state index in [1.807, 2.05) is 18.2 Å². The number of hydrogen-bond donors (Lipinski definition) is 3. The minimum atomic E-state index is -1.20. The lowest BCUT2D eigenvalue weighted by atomic mass is 9.92. The molecule has 0 bridgehead atoms. The molecule has 2 aromatic carbocycles. The Morgan fingerprint density at radius 2 is 1.71 bits per heavy atom. The average Bonchev–Trinajstić information content (AvgIpc) is 2.99. The molecule has 4 amide bonds. The second-order valence-electron chi connectivity index (χ2n) is 8.30. The summed E-state index contributed by atoms with van der Waals surface area (Å²) in [4.78, 5) is 41.4. The third-order valence-corrected chi connectivity index (χ3v) is 6.12. The molecule has 4 rings (SSSR count). The number of carbonyl (C=O) groups excluding carboxylic acids is 3. The van der Waals surface area contributed by atoms with Crippen LogP contribution in [0.25, 0.3) is 0 Å². The third-order valence-electron chi connectivity index (χ3n) is 6.12. The van der Waals surface area contributed by atoms with Gasteiger partial charge in [-0.05, 0) is 31.0 Å². The van der Waals surface area contributed by atoms with Gasteiger partial charge in [0.15, 0.2) is 6.54 Å². The largest absolute Gasteiger partial charge is 0.360 e. The van der Waals surface area contributed by atoms with Gasteiger partial charge in [-0.3, -0.25) is 15.0 Å². The topological polar surface area (TPSA) is 86.2 Å². The van der Waals surface area contributed by atoms with E-state index in [4.69, 9.17) is 0 Å². The van der Waals surface area contributed by atoms with Crippen LogP contribution in [0.1, 0.15) is 18.1 Å². The van der Waals surface area contributed by atoms with Gasteiger partial charge in [-0.15, -0.1) is 0 Å². The Morgan fingerprint density at radius 3 is 2.39 bits per heavy atom. The molecular weight excluding hydrogens is 394 g/mol. The lowest BCUT2D eigenvalue weighted by molar-refractivity contribution is -0.892. The normalized spacial score (nSPS) is 21.9. The molecule has 0 unspecified atom stereocenters. The maximum absolute atomic E-state index is 12.9. The smallest absolute Gasteiger partial charge is 0.344 e. The zero-order valence-electron chi connectivity index (χ0n) is 17.9. The fraction of sp³-hybridized carbons (Fsp3) is 0.348. The SMILES string of the molecule is Cc1ccccc1N1CC[NH+](CC(=O)NN2C(=O)N[C@@](C)(c3ccccc3)C2=O)CC1. The zero-order valence-corrected chi connectivity index (χ0v) is 17.9. The fourth-order valence-electron chi connectivity index (χ4n) is 4.26. The van der Waals surface area contributed by atoms with Crippen molar-refractivity contribution in [3.8, 4) is 0 Å². The highest BCUT2D eigenvalue weighted by Crippen LogP contribution is 2.27. The maximum atomic E-state index is 12.9. The molecule has 2 saturated heterocycles. The number of rotatable bonds is 5. The number of hydrazine groups is 1. The van der Waals surface area contributed by atoms with Crippen molar-refractivity contribution >= 4 is 23.5 Å². The van der Waals surface area contributed by atoms with Crippen LogP contribution < -0.4 is 20.5 Å². The maximum Gasteiger partial charge on any atom is 0.344 e. The molecule has 0 aliphatic carbocycles. The number of piperazine rings is 1. The number of para-hydroxylation sites is 1. The summed E-state index contributed by atoms with van der Waals surface area (Å²) in [6.45, 7) is 7.27. The molecule has 8 heteroatoms. The van der Waals surface area contributed by atoms with Gasteiger partial charge < -0.3 is 15.1 Å². The number of nitrogens with one attached hydrogen (secondary N) is 3. The van der Waals surface area contributed by atoms with Crippen LogP contribution in [0, 0.1) is 6.92 Å². The van der Waals surface area contributed by atoms with Gasteiger partial charge in [-0.25, -0.2) is 4.79 Å². The Morgan fingerprint density at radius 1 is 1.06 bits per heavy atom. The molecule has 0 aromatic heterocycles. The number of amides is 4. The molecule has 1 atom stereocenters. The van der Waals surface area contributed by atoms with Crippen LogP contribution in [0.2, 0.25) is 0 Å². The van der Waals surface area contributed by atoms with Crippen molar-refractivity contribution in [3.63, 3.8) is 0 Å². The van der Waals surface area contributed by atoms with Crippen molar-refractivity contribution in [3.05, 3.63) is 65.7 Å². The van der Waals surface area contributed by atoms with Crippen LogP contribution in [0.3, 0.4) is 0 Å². The van der Waals surface area contributed by atoms with E-state index >= 15 is 0 Å². The lowest BCUT2D eigenvalue weighted by Gasteiger charge is -2.34. The Labute approximate surface area is 181 Å². The number of aryl methyl sites for hydroxylation is 1. The van der Waals surface area contributed by atoms with Gasteiger partial charge >= 0.3 is 6.03 Å². The van der Waals surface area contributed by atoms with Gasteiger partial charge in [0.05, 0.1) is 26.2 Å². The minimum Gasteiger partial charge on any atom is -0.360 e. The molecule has 0 radical (unpaired) electrons. The summed E-state index contributed by atoms with van der Waals surface area (Å²) in [5.74, 6) is -0.837. The first-order valence-corrected chi connectivity index (χ1v) is 10.5. The van der Waals surface area contributed by atoms with E-state index in [9.17, 15) is 14.4 Å². The van der Waals surface area contributed by atoms with Gasteiger partial charge in [-0.1, -0.05) is 48.5 Å². The van der Waals surface area contributed by atoms with Crippen LogP contribution in [0.5, 0.6) is 0 Å². The van der Waals surface area contributed by atoms with E-state index in [0.717, 1.165) is 36.1 Å². The van der Waals surface area contributed by atoms with Gasteiger partial charge in [0, 0.05) is 5.69 Å². The predicted octanol–water partition coefficient (Wildman–Crippen LogP) is 0.198. The Bertz CT molecular complexity index is 988. The standard InChI is InChI=1S/C23H27N5O3/c1-17-8-6-7-11-19(17)27-14-12-26(13-15-27)16-20(29)25-28-21(30)23(2,24-22(28)31)18-9-4-3-5-10-18/h3-11H,12-16H2,1-2H3,(H,24,31)(H,25,29)/p+1/t23-/m0/s1. The lowest BCUT2D eigenvalue weighted by Crippen LogP contribution is -3.16. The molecule has 2 aromatic rings. The molecule has 3 N–H and O–H groups in total. The summed E-state index contributed by atoms with van der Waals surface area (Å²) in [6, 6.07) is 16.7. The third kappa shape index (κ3) is 4.11. The van der Waals surface area contributed by atoms with Crippen LogP contribution >= 0.6 is 0 Å². The first kappa shape index (κ1) is 20.9. The molecule has 0 spiro atoms. The number of hydrogen-bond acceptors (Lipinski definition) is 4. The van der Waals surface area contributed by atoms with Crippen LogP contribution in [0.4, 0.5) is 10.5 Å². The van der Waals surface area contributed by atoms with Gasteiger partial charge in [0.1, 0.15) is 5.54 Å². The van der Waals surface area contributed by atoms with Gasteiger partial charge in [0.2, 0.25) is 0 Å². The molecule has 8 nitrogen and oxygen atoms in total. The number of quaternary nitrogens is 1. The van der Waals surface area contributed by atoms with Crippen LogP contribution in [-0.4, -0.2) is 55.6 Å². The summed E-state index contributed by atoms with van der Waals surface area (Å²) < 4.78 is 0. The molecule has 2 heterocycles. The minimum absolute atomic E-state index is 0.209. The summed E-state index contributed by atoms with van der Waals surface area (Å²) in [6.07, 6.45) is 0. The number of carbonyl (C=O) groups is 3. The van der Waals surface area contributed by atoms with E-state index in [-0.39, 0.29) is 12.5 Å². The van der Waals surface area contributed by atoms with Crippen molar-refractivity contribution < 1.29 is 19.3 Å². The van der Waals surface area contributed by atoms with Crippen LogP contribution in [-0.2, 0) is 15.1 Å². The molecule has 2 aliphatic rings. The number of urea groups is 1. The summed E-state index contributed by atoms with van der Waals surface area (Å²) in [5.41, 5.74) is 4.44. The molecule has 31 heavy (non-hydrogen) atoms. The number of imide groups is 1. The Kier molecular flexibility index (Phi) is 5.65. The first-order valence-electron chi connectivity index (χ1n) is 10.5. The average molecular weight is 423 g/mol. The fourth-order valence-corrected chi connectivity index (χ4v) is 4.26. The summed E-state index contributed by atoms with van der Waals surface area (Å²) in [5, 5.41) is 3.50. The Balaban J connectivity index is 1.33. The van der Waals surface area contributed by atoms with Gasteiger partial charge in [0.25, 0.3) is 11.8 Å². The number of benzene rings is 2. The molecule has 2 fully saturated rings. The molecule has 162 valence electrons. The highest BCUT2D eigenvalue weighted by molar-refractivity contribution is 6.08. The second kappa shape index (κ2) is 8.39. The van der Waals surface area contributed by atoms with E-state index in [2.05, 4.69) is 34.7 Å². The molecular formula is C23H28N5O3+. The van der Waals surface area contributed by atoms with Crippen molar-refractivity contribution in [1.82, 2.24) is 15.8 Å². The zero-order chi connectivity index (χ0) is 22.0. The summed E-state index contributed by atoms with van der Waals surface area (Å²) >= 11 is 0. The van der Waals surface area contributed by atoms with E-state index in [0.29, 0.717) is 5.56 Å². The summed E-state index contributed by atoms with van der Waals surface area (Å²) in [7, 11) is 0. The Hall–Kier alpha value is -3.39. The second-order valence-corrected chi connectivity index (χ2v) is 8.30. The monoisotopic (exact) mass is 422 g/mol. The highest BCUT2D eigenvalue weighted by atomic mass is 16.2.